The lowest BCUT2D eigenvalue weighted by molar-refractivity contribution is 0.0930. The summed E-state index contributed by atoms with van der Waals surface area (Å²) in [7, 11) is 0. The molecular formula is C15H16N2O3. The van der Waals surface area contributed by atoms with E-state index in [9.17, 15) is 14.7 Å². The highest BCUT2D eigenvalue weighted by Crippen LogP contribution is 2.44. The molecule has 1 aliphatic rings. The lowest BCUT2D eigenvalue weighted by Gasteiger charge is -2.12. The van der Waals surface area contributed by atoms with Crippen molar-refractivity contribution in [3.8, 4) is 0 Å². The summed E-state index contributed by atoms with van der Waals surface area (Å²) in [5.41, 5.74) is -0.161. The molecule has 0 aliphatic heterocycles. The van der Waals surface area contributed by atoms with E-state index in [2.05, 4.69) is 10.3 Å². The SMILES string of the molecule is O=C(NCC1(CO)CC1)c1cc2ccccc2c(=O)[nH]1. The number of pyridine rings is 1. The minimum absolute atomic E-state index is 0.0848. The summed E-state index contributed by atoms with van der Waals surface area (Å²) in [4.78, 5) is 26.6. The molecular weight excluding hydrogens is 256 g/mol. The first-order chi connectivity index (χ1) is 9.63. The number of aromatic amines is 1. The maximum atomic E-state index is 12.1. The fourth-order valence-electron chi connectivity index (χ4n) is 2.26. The van der Waals surface area contributed by atoms with E-state index in [1.807, 2.05) is 6.07 Å². The van der Waals surface area contributed by atoms with Crippen LogP contribution in [0, 0.1) is 5.41 Å². The number of rotatable bonds is 4. The highest BCUT2D eigenvalue weighted by Gasteiger charge is 2.42. The number of aromatic nitrogens is 1. The van der Waals surface area contributed by atoms with Crippen molar-refractivity contribution in [1.82, 2.24) is 10.3 Å². The van der Waals surface area contributed by atoms with E-state index in [1.165, 1.54) is 0 Å². The molecule has 1 fully saturated rings. The van der Waals surface area contributed by atoms with Crippen LogP contribution in [0.3, 0.4) is 0 Å². The third kappa shape index (κ3) is 2.32. The molecule has 1 aromatic carbocycles. The van der Waals surface area contributed by atoms with Crippen LogP contribution in [0.2, 0.25) is 0 Å². The molecule has 20 heavy (non-hydrogen) atoms. The van der Waals surface area contributed by atoms with E-state index < -0.39 is 0 Å². The summed E-state index contributed by atoms with van der Waals surface area (Å²) in [5, 5.41) is 13.3. The summed E-state index contributed by atoms with van der Waals surface area (Å²) in [6.07, 6.45) is 1.86. The molecule has 1 heterocycles. The van der Waals surface area contributed by atoms with Gasteiger partial charge in [0.05, 0.1) is 6.61 Å². The quantitative estimate of drug-likeness (QED) is 0.777. The maximum absolute atomic E-state index is 12.1. The van der Waals surface area contributed by atoms with E-state index in [0.717, 1.165) is 18.2 Å². The first-order valence-electron chi connectivity index (χ1n) is 6.65. The Morgan fingerprint density at radius 2 is 2.10 bits per heavy atom. The van der Waals surface area contributed by atoms with Crippen molar-refractivity contribution in [1.29, 1.82) is 0 Å². The van der Waals surface area contributed by atoms with Crippen LogP contribution in [0.4, 0.5) is 0 Å². The third-order valence-corrected chi connectivity index (χ3v) is 3.91. The van der Waals surface area contributed by atoms with E-state index in [4.69, 9.17) is 0 Å². The summed E-state index contributed by atoms with van der Waals surface area (Å²) in [6, 6.07) is 8.81. The van der Waals surface area contributed by atoms with Crippen LogP contribution in [0.1, 0.15) is 23.3 Å². The van der Waals surface area contributed by atoms with Gasteiger partial charge in [-0.15, -0.1) is 0 Å². The van der Waals surface area contributed by atoms with Gasteiger partial charge in [0.15, 0.2) is 0 Å². The van der Waals surface area contributed by atoms with Crippen LogP contribution in [0.25, 0.3) is 10.8 Å². The molecule has 0 bridgehead atoms. The van der Waals surface area contributed by atoms with Crippen LogP contribution in [-0.4, -0.2) is 29.1 Å². The van der Waals surface area contributed by atoms with Gasteiger partial charge in [-0.1, -0.05) is 18.2 Å². The molecule has 1 amide bonds. The second-order valence-electron chi connectivity index (χ2n) is 5.44. The Hall–Kier alpha value is -2.14. The largest absolute Gasteiger partial charge is 0.396 e. The second kappa shape index (κ2) is 4.76. The second-order valence-corrected chi connectivity index (χ2v) is 5.44. The maximum Gasteiger partial charge on any atom is 0.267 e. The first-order valence-corrected chi connectivity index (χ1v) is 6.65. The zero-order chi connectivity index (χ0) is 14.2. The van der Waals surface area contributed by atoms with Gasteiger partial charge in [0.2, 0.25) is 0 Å². The van der Waals surface area contributed by atoms with Gasteiger partial charge >= 0.3 is 0 Å². The molecule has 3 rings (SSSR count). The molecule has 0 saturated heterocycles. The molecule has 2 aromatic rings. The van der Waals surface area contributed by atoms with Gasteiger partial charge in [-0.2, -0.15) is 0 Å². The molecule has 0 atom stereocenters. The zero-order valence-corrected chi connectivity index (χ0v) is 11.0. The van der Waals surface area contributed by atoms with E-state index in [-0.39, 0.29) is 29.2 Å². The number of amides is 1. The molecule has 1 aliphatic carbocycles. The van der Waals surface area contributed by atoms with Crippen LogP contribution in [-0.2, 0) is 0 Å². The summed E-state index contributed by atoms with van der Waals surface area (Å²) in [6.45, 7) is 0.526. The minimum atomic E-state index is -0.312. The first kappa shape index (κ1) is 12.9. The monoisotopic (exact) mass is 272 g/mol. The number of hydrogen-bond donors (Lipinski definition) is 3. The predicted molar refractivity (Wildman–Crippen MR) is 75.7 cm³/mol. The lowest BCUT2D eigenvalue weighted by Crippen LogP contribution is -2.33. The zero-order valence-electron chi connectivity index (χ0n) is 11.0. The van der Waals surface area contributed by atoms with Gasteiger partial charge < -0.3 is 15.4 Å². The number of aliphatic hydroxyl groups excluding tert-OH is 1. The van der Waals surface area contributed by atoms with Gasteiger partial charge in [-0.3, -0.25) is 9.59 Å². The molecule has 104 valence electrons. The Labute approximate surface area is 115 Å². The van der Waals surface area contributed by atoms with Crippen LogP contribution >= 0.6 is 0 Å². The Morgan fingerprint density at radius 1 is 1.35 bits per heavy atom. The molecule has 5 heteroatoms. The van der Waals surface area contributed by atoms with Crippen LogP contribution < -0.4 is 10.9 Å². The highest BCUT2D eigenvalue weighted by molar-refractivity contribution is 5.96. The summed E-state index contributed by atoms with van der Waals surface area (Å²) in [5.74, 6) is -0.312. The van der Waals surface area contributed by atoms with E-state index in [1.54, 1.807) is 24.3 Å². The highest BCUT2D eigenvalue weighted by atomic mass is 16.3. The average molecular weight is 272 g/mol. The average Bonchev–Trinajstić information content (AvgIpc) is 3.25. The van der Waals surface area contributed by atoms with Crippen molar-refractivity contribution in [2.45, 2.75) is 12.8 Å². The fraction of sp³-hybridized carbons (Fsp3) is 0.333. The number of nitrogens with one attached hydrogen (secondary N) is 2. The van der Waals surface area contributed by atoms with Crippen molar-refractivity contribution in [2.75, 3.05) is 13.2 Å². The fourth-order valence-corrected chi connectivity index (χ4v) is 2.26. The smallest absolute Gasteiger partial charge is 0.267 e. The molecule has 1 saturated carbocycles. The van der Waals surface area contributed by atoms with Crippen molar-refractivity contribution in [3.63, 3.8) is 0 Å². The van der Waals surface area contributed by atoms with Crippen LogP contribution in [0.15, 0.2) is 35.1 Å². The van der Waals surface area contributed by atoms with Gasteiger partial charge in [-0.05, 0) is 30.4 Å². The number of carbonyl (C=O) groups excluding carboxylic acids is 1. The lowest BCUT2D eigenvalue weighted by atomic mass is 10.1. The van der Waals surface area contributed by atoms with E-state index >= 15 is 0 Å². The van der Waals surface area contributed by atoms with Gasteiger partial charge in [-0.25, -0.2) is 0 Å². The molecule has 3 N–H and O–H groups in total. The molecule has 0 spiro atoms. The Morgan fingerprint density at radius 3 is 2.80 bits per heavy atom. The van der Waals surface area contributed by atoms with Crippen molar-refractivity contribution >= 4 is 16.7 Å². The number of fused-ring (bicyclic) bond motifs is 1. The summed E-state index contributed by atoms with van der Waals surface area (Å²) >= 11 is 0. The van der Waals surface area contributed by atoms with Crippen molar-refractivity contribution in [3.05, 3.63) is 46.4 Å². The normalized spacial score (nSPS) is 16.1. The molecule has 0 radical (unpaired) electrons. The topological polar surface area (TPSA) is 82.2 Å². The molecule has 5 nitrogen and oxygen atoms in total. The molecule has 1 aromatic heterocycles. The van der Waals surface area contributed by atoms with Crippen molar-refractivity contribution < 1.29 is 9.90 Å². The predicted octanol–water partition coefficient (Wildman–Crippen LogP) is 1.03. The minimum Gasteiger partial charge on any atom is -0.396 e. The van der Waals surface area contributed by atoms with Gasteiger partial charge in [0.1, 0.15) is 5.69 Å². The third-order valence-electron chi connectivity index (χ3n) is 3.91. The number of carbonyl (C=O) groups is 1. The van der Waals surface area contributed by atoms with Gasteiger partial charge in [0, 0.05) is 17.3 Å². The number of H-pyrrole nitrogens is 1. The Kier molecular flexibility index (Phi) is 3.06. The van der Waals surface area contributed by atoms with Crippen LogP contribution in [0.5, 0.6) is 0 Å². The van der Waals surface area contributed by atoms with Crippen molar-refractivity contribution in [2.24, 2.45) is 5.41 Å². The number of benzene rings is 1. The number of aliphatic hydroxyl groups is 1. The number of hydrogen-bond acceptors (Lipinski definition) is 3. The van der Waals surface area contributed by atoms with Gasteiger partial charge in [0.25, 0.3) is 11.5 Å². The summed E-state index contributed by atoms with van der Waals surface area (Å²) < 4.78 is 0. The molecule has 0 unspecified atom stereocenters. The standard InChI is InChI=1S/C15H16N2O3/c18-9-15(5-6-15)8-16-14(20)12-7-10-3-1-2-4-11(10)13(19)17-12/h1-4,7,18H,5-6,8-9H2,(H,16,20)(H,17,19). The van der Waals surface area contributed by atoms with E-state index in [0.29, 0.717) is 11.9 Å². The Balaban J connectivity index is 1.83. The Bertz CT molecular complexity index is 716.